The van der Waals surface area contributed by atoms with Crippen molar-refractivity contribution in [3.05, 3.63) is 46.5 Å². The summed E-state index contributed by atoms with van der Waals surface area (Å²) in [4.78, 5) is 13.0. The number of hydrogen-bond donors (Lipinski definition) is 1. The minimum absolute atomic E-state index is 0.0907. The number of tetrazole rings is 1. The van der Waals surface area contributed by atoms with Gasteiger partial charge in [0.2, 0.25) is 11.1 Å². The lowest BCUT2D eigenvalue weighted by Gasteiger charge is -2.04. The number of hydrogen-bond acceptors (Lipinski definition) is 7. The molecule has 3 rings (SSSR count). The Kier molecular flexibility index (Phi) is 4.86. The van der Waals surface area contributed by atoms with E-state index in [9.17, 15) is 4.79 Å². The van der Waals surface area contributed by atoms with Gasteiger partial charge in [-0.2, -0.15) is 0 Å². The molecule has 0 aliphatic heterocycles. The van der Waals surface area contributed by atoms with Gasteiger partial charge in [-0.05, 0) is 34.0 Å². The molecule has 1 amide bonds. The summed E-state index contributed by atoms with van der Waals surface area (Å²) in [6.07, 6.45) is 1.58. The topological polar surface area (TPSA) is 85.8 Å². The first-order chi connectivity index (χ1) is 10.8. The molecule has 3 aromatic heterocycles. The minimum atomic E-state index is -0.0907. The van der Waals surface area contributed by atoms with E-state index in [1.165, 1.54) is 11.8 Å². The van der Waals surface area contributed by atoms with E-state index in [1.54, 1.807) is 28.3 Å². The van der Waals surface area contributed by atoms with Crippen LogP contribution in [-0.2, 0) is 17.9 Å². The number of aromatic nitrogens is 4. The first kappa shape index (κ1) is 14.8. The number of nitrogens with zero attached hydrogens (tertiary/aromatic N) is 4. The van der Waals surface area contributed by atoms with Crippen LogP contribution in [0.25, 0.3) is 0 Å². The van der Waals surface area contributed by atoms with E-state index < -0.39 is 0 Å². The summed E-state index contributed by atoms with van der Waals surface area (Å²) in [5.41, 5.74) is 0. The number of carbonyl (C=O) groups excluding carboxylic acids is 1. The van der Waals surface area contributed by atoms with E-state index in [0.29, 0.717) is 18.2 Å². The van der Waals surface area contributed by atoms with Gasteiger partial charge in [0.05, 0.1) is 25.1 Å². The molecule has 3 aromatic rings. The Morgan fingerprint density at radius 1 is 1.41 bits per heavy atom. The molecule has 0 atom stereocenters. The lowest BCUT2D eigenvalue weighted by atomic mass is 10.4. The van der Waals surface area contributed by atoms with Gasteiger partial charge in [-0.1, -0.05) is 17.8 Å². The highest BCUT2D eigenvalue weighted by Crippen LogP contribution is 2.16. The maximum absolute atomic E-state index is 11.8. The highest BCUT2D eigenvalue weighted by atomic mass is 32.2. The highest BCUT2D eigenvalue weighted by Gasteiger charge is 2.11. The summed E-state index contributed by atoms with van der Waals surface area (Å²) >= 11 is 2.96. The second-order valence-electron chi connectivity index (χ2n) is 4.34. The monoisotopic (exact) mass is 335 g/mol. The van der Waals surface area contributed by atoms with E-state index >= 15 is 0 Å². The third-order valence-electron chi connectivity index (χ3n) is 2.76. The Morgan fingerprint density at radius 2 is 2.36 bits per heavy atom. The van der Waals surface area contributed by atoms with Crippen LogP contribution in [0.1, 0.15) is 10.6 Å². The Balaban J connectivity index is 1.49. The summed E-state index contributed by atoms with van der Waals surface area (Å²) < 4.78 is 6.85. The van der Waals surface area contributed by atoms with Gasteiger partial charge in [-0.25, -0.2) is 4.68 Å². The first-order valence-corrected chi connectivity index (χ1v) is 8.38. The molecule has 0 bridgehead atoms. The van der Waals surface area contributed by atoms with Crippen LogP contribution >= 0.6 is 23.1 Å². The van der Waals surface area contributed by atoms with Crippen LogP contribution in [0.4, 0.5) is 0 Å². The molecular formula is C13H13N5O2S2. The van der Waals surface area contributed by atoms with Crippen LogP contribution in [0.15, 0.2) is 45.5 Å². The Morgan fingerprint density at radius 3 is 3.14 bits per heavy atom. The predicted molar refractivity (Wildman–Crippen MR) is 82.5 cm³/mol. The fourth-order valence-electron chi connectivity index (χ4n) is 1.73. The molecule has 0 fully saturated rings. The summed E-state index contributed by atoms with van der Waals surface area (Å²) in [6, 6.07) is 7.61. The number of furan rings is 1. The summed E-state index contributed by atoms with van der Waals surface area (Å²) in [7, 11) is 0. The number of nitrogens with one attached hydrogen (secondary N) is 1. The third kappa shape index (κ3) is 3.95. The Labute approximate surface area is 134 Å². The van der Waals surface area contributed by atoms with Crippen LogP contribution in [0.5, 0.6) is 0 Å². The molecule has 114 valence electrons. The number of amides is 1. The first-order valence-electron chi connectivity index (χ1n) is 6.51. The van der Waals surface area contributed by atoms with Crippen molar-refractivity contribution in [3.63, 3.8) is 0 Å². The summed E-state index contributed by atoms with van der Waals surface area (Å²) in [6.45, 7) is 0.994. The molecular weight excluding hydrogens is 322 g/mol. The largest absolute Gasteiger partial charge is 0.467 e. The molecule has 0 unspecified atom stereocenters. The zero-order valence-electron chi connectivity index (χ0n) is 11.5. The zero-order valence-corrected chi connectivity index (χ0v) is 13.1. The van der Waals surface area contributed by atoms with Crippen molar-refractivity contribution in [2.75, 3.05) is 5.75 Å². The van der Waals surface area contributed by atoms with Crippen molar-refractivity contribution in [1.82, 2.24) is 25.5 Å². The van der Waals surface area contributed by atoms with Crippen LogP contribution in [0.2, 0.25) is 0 Å². The van der Waals surface area contributed by atoms with Crippen molar-refractivity contribution in [1.29, 1.82) is 0 Å². The summed E-state index contributed by atoms with van der Waals surface area (Å²) in [5.74, 6) is 0.888. The van der Waals surface area contributed by atoms with Crippen LogP contribution < -0.4 is 5.32 Å². The second-order valence-corrected chi connectivity index (χ2v) is 6.32. The van der Waals surface area contributed by atoms with E-state index in [2.05, 4.69) is 20.8 Å². The van der Waals surface area contributed by atoms with E-state index in [1.807, 2.05) is 23.6 Å². The van der Waals surface area contributed by atoms with Crippen LogP contribution in [0.3, 0.4) is 0 Å². The molecule has 9 heteroatoms. The lowest BCUT2D eigenvalue weighted by molar-refractivity contribution is -0.118. The summed E-state index contributed by atoms with van der Waals surface area (Å²) in [5, 5.41) is 17.0. The van der Waals surface area contributed by atoms with Gasteiger partial charge in [0.1, 0.15) is 5.76 Å². The highest BCUT2D eigenvalue weighted by molar-refractivity contribution is 7.99. The fourth-order valence-corrected chi connectivity index (χ4v) is 3.12. The normalized spacial score (nSPS) is 10.7. The Bertz CT molecular complexity index is 709. The lowest BCUT2D eigenvalue weighted by Crippen LogP contribution is -2.24. The number of carbonyl (C=O) groups is 1. The van der Waals surface area contributed by atoms with Gasteiger partial charge >= 0.3 is 0 Å². The van der Waals surface area contributed by atoms with Crippen molar-refractivity contribution < 1.29 is 9.21 Å². The quantitative estimate of drug-likeness (QED) is 0.663. The molecule has 7 nitrogen and oxygen atoms in total. The molecule has 0 saturated heterocycles. The number of rotatable bonds is 7. The van der Waals surface area contributed by atoms with Gasteiger partial charge in [-0.3, -0.25) is 4.79 Å². The van der Waals surface area contributed by atoms with Crippen molar-refractivity contribution in [3.8, 4) is 0 Å². The predicted octanol–water partition coefficient (Wildman–Crippen LogP) is 1.78. The average Bonchev–Trinajstić information content (AvgIpc) is 3.26. The van der Waals surface area contributed by atoms with Crippen molar-refractivity contribution in [2.24, 2.45) is 0 Å². The maximum atomic E-state index is 11.8. The molecule has 1 N–H and O–H groups in total. The van der Waals surface area contributed by atoms with Crippen molar-refractivity contribution >= 4 is 29.0 Å². The average molecular weight is 335 g/mol. The molecule has 0 saturated carbocycles. The third-order valence-corrected chi connectivity index (χ3v) is 4.58. The number of thioether (sulfide) groups is 1. The SMILES string of the molecule is O=C(CSc1nnnn1Cc1cccs1)NCc1ccco1. The molecule has 0 aliphatic rings. The molecule has 0 aromatic carbocycles. The molecule has 0 spiro atoms. The maximum Gasteiger partial charge on any atom is 0.230 e. The molecule has 0 radical (unpaired) electrons. The molecule has 22 heavy (non-hydrogen) atoms. The zero-order chi connectivity index (χ0) is 15.2. The van der Waals surface area contributed by atoms with E-state index in [-0.39, 0.29) is 11.7 Å². The van der Waals surface area contributed by atoms with Crippen molar-refractivity contribution in [2.45, 2.75) is 18.2 Å². The van der Waals surface area contributed by atoms with Crippen LogP contribution in [-0.4, -0.2) is 31.9 Å². The van der Waals surface area contributed by atoms with Gasteiger partial charge in [0.15, 0.2) is 0 Å². The van der Waals surface area contributed by atoms with E-state index in [0.717, 1.165) is 10.6 Å². The minimum Gasteiger partial charge on any atom is -0.467 e. The van der Waals surface area contributed by atoms with Gasteiger partial charge in [0.25, 0.3) is 0 Å². The smallest absolute Gasteiger partial charge is 0.230 e. The number of thiophene rings is 1. The molecule has 3 heterocycles. The van der Waals surface area contributed by atoms with E-state index in [4.69, 9.17) is 4.42 Å². The van der Waals surface area contributed by atoms with Gasteiger partial charge in [-0.15, -0.1) is 16.4 Å². The van der Waals surface area contributed by atoms with Crippen LogP contribution in [0, 0.1) is 0 Å². The second kappa shape index (κ2) is 7.23. The standard InChI is InChI=1S/C13H13N5O2S2/c19-12(14-7-10-3-1-5-20-10)9-22-13-15-16-17-18(13)8-11-4-2-6-21-11/h1-6H,7-9H2,(H,14,19). The van der Waals surface area contributed by atoms with Gasteiger partial charge in [0, 0.05) is 4.88 Å². The van der Waals surface area contributed by atoms with Gasteiger partial charge < -0.3 is 9.73 Å². The fraction of sp³-hybridized carbons (Fsp3) is 0.231. The Hall–Kier alpha value is -2.13. The molecule has 0 aliphatic carbocycles.